The van der Waals surface area contributed by atoms with E-state index in [1.54, 1.807) is 0 Å². The van der Waals surface area contributed by atoms with E-state index >= 15 is 0 Å². The summed E-state index contributed by atoms with van der Waals surface area (Å²) in [7, 11) is 0. The number of piperazine rings is 1. The van der Waals surface area contributed by atoms with Crippen LogP contribution in [0.2, 0.25) is 0 Å². The van der Waals surface area contributed by atoms with Gasteiger partial charge in [0, 0.05) is 52.3 Å². The molecular formula is C20H29N3O3. The molecule has 142 valence electrons. The molecule has 0 aromatic heterocycles. The summed E-state index contributed by atoms with van der Waals surface area (Å²) in [6.45, 7) is 5.63. The molecule has 0 aliphatic carbocycles. The zero-order valence-corrected chi connectivity index (χ0v) is 15.4. The first-order valence-corrected chi connectivity index (χ1v) is 9.63. The lowest BCUT2D eigenvalue weighted by Crippen LogP contribution is -2.50. The topological polar surface area (TPSA) is 61.9 Å². The number of benzene rings is 1. The van der Waals surface area contributed by atoms with Crippen molar-refractivity contribution in [3.05, 3.63) is 35.9 Å². The summed E-state index contributed by atoms with van der Waals surface area (Å²) in [4.78, 5) is 28.5. The van der Waals surface area contributed by atoms with E-state index in [0.717, 1.165) is 51.3 Å². The Morgan fingerprint density at radius 3 is 2.58 bits per heavy atom. The highest BCUT2D eigenvalue weighted by atomic mass is 16.5. The highest BCUT2D eigenvalue weighted by Crippen LogP contribution is 2.14. The number of hydrogen-bond donors (Lipinski definition) is 1. The van der Waals surface area contributed by atoms with Crippen LogP contribution < -0.4 is 5.32 Å². The van der Waals surface area contributed by atoms with Gasteiger partial charge in [0.05, 0.1) is 12.5 Å². The fourth-order valence-corrected chi connectivity index (χ4v) is 3.57. The van der Waals surface area contributed by atoms with Crippen LogP contribution in [0.15, 0.2) is 30.3 Å². The molecule has 2 amide bonds. The molecule has 3 rings (SSSR count). The van der Waals surface area contributed by atoms with Gasteiger partial charge < -0.3 is 15.0 Å². The highest BCUT2D eigenvalue weighted by molar-refractivity contribution is 5.80. The van der Waals surface area contributed by atoms with Crippen LogP contribution in [0.5, 0.6) is 0 Å². The second kappa shape index (κ2) is 9.69. The predicted molar refractivity (Wildman–Crippen MR) is 99.8 cm³/mol. The largest absolute Gasteiger partial charge is 0.377 e. The maximum absolute atomic E-state index is 12.3. The van der Waals surface area contributed by atoms with E-state index in [-0.39, 0.29) is 11.8 Å². The van der Waals surface area contributed by atoms with Crippen molar-refractivity contribution in [1.82, 2.24) is 15.1 Å². The van der Waals surface area contributed by atoms with E-state index in [4.69, 9.17) is 4.74 Å². The number of hydrogen-bond acceptors (Lipinski definition) is 4. The summed E-state index contributed by atoms with van der Waals surface area (Å²) in [5.41, 5.74) is 0.985. The zero-order valence-electron chi connectivity index (χ0n) is 15.4. The summed E-state index contributed by atoms with van der Waals surface area (Å²) in [6.07, 6.45) is 3.42. The third kappa shape index (κ3) is 5.81. The van der Waals surface area contributed by atoms with Gasteiger partial charge in [-0.05, 0) is 18.4 Å². The Morgan fingerprint density at radius 1 is 1.12 bits per heavy atom. The van der Waals surface area contributed by atoms with Crippen LogP contribution in [0.3, 0.4) is 0 Å². The van der Waals surface area contributed by atoms with Crippen LogP contribution in [0.4, 0.5) is 0 Å². The standard InChI is InChI=1S/C20H29N3O3/c24-19(15-17-5-2-1-3-6-17)21-9-8-20(25)23-12-10-22(11-13-23)16-18-7-4-14-26-18/h1-3,5-6,18H,4,7-16H2,(H,21,24). The zero-order chi connectivity index (χ0) is 18.2. The van der Waals surface area contributed by atoms with Crippen LogP contribution in [0.1, 0.15) is 24.8 Å². The van der Waals surface area contributed by atoms with Crippen molar-refractivity contribution in [3.63, 3.8) is 0 Å². The number of rotatable bonds is 7. The monoisotopic (exact) mass is 359 g/mol. The lowest BCUT2D eigenvalue weighted by molar-refractivity contribution is -0.133. The number of amides is 2. The van der Waals surface area contributed by atoms with Crippen molar-refractivity contribution < 1.29 is 14.3 Å². The van der Waals surface area contributed by atoms with Crippen LogP contribution in [-0.4, -0.2) is 73.6 Å². The first-order valence-electron chi connectivity index (χ1n) is 9.63. The van der Waals surface area contributed by atoms with Gasteiger partial charge in [-0.2, -0.15) is 0 Å². The molecular weight excluding hydrogens is 330 g/mol. The number of carbonyl (C=O) groups is 2. The lowest BCUT2D eigenvalue weighted by atomic mass is 10.1. The average Bonchev–Trinajstić information content (AvgIpc) is 3.16. The molecule has 1 N–H and O–H groups in total. The Bertz CT molecular complexity index is 579. The van der Waals surface area contributed by atoms with E-state index in [2.05, 4.69) is 10.2 Å². The molecule has 0 radical (unpaired) electrons. The Labute approximate surface area is 155 Å². The molecule has 26 heavy (non-hydrogen) atoms. The third-order valence-corrected chi connectivity index (χ3v) is 5.08. The van der Waals surface area contributed by atoms with Gasteiger partial charge in [-0.1, -0.05) is 30.3 Å². The van der Waals surface area contributed by atoms with Crippen LogP contribution in [0, 0.1) is 0 Å². The molecule has 2 fully saturated rings. The summed E-state index contributed by atoms with van der Waals surface area (Å²) >= 11 is 0. The van der Waals surface area contributed by atoms with E-state index in [1.165, 1.54) is 6.42 Å². The molecule has 2 saturated heterocycles. The van der Waals surface area contributed by atoms with E-state index in [9.17, 15) is 9.59 Å². The van der Waals surface area contributed by atoms with Gasteiger partial charge in [-0.25, -0.2) is 0 Å². The number of nitrogens with one attached hydrogen (secondary N) is 1. The molecule has 1 atom stereocenters. The second-order valence-corrected chi connectivity index (χ2v) is 7.08. The molecule has 0 spiro atoms. The first-order chi connectivity index (χ1) is 12.7. The van der Waals surface area contributed by atoms with Crippen molar-refractivity contribution in [3.8, 4) is 0 Å². The third-order valence-electron chi connectivity index (χ3n) is 5.08. The fraction of sp³-hybridized carbons (Fsp3) is 0.600. The van der Waals surface area contributed by atoms with E-state index in [1.807, 2.05) is 35.2 Å². The minimum Gasteiger partial charge on any atom is -0.377 e. The van der Waals surface area contributed by atoms with Crippen molar-refractivity contribution in [2.24, 2.45) is 0 Å². The second-order valence-electron chi connectivity index (χ2n) is 7.08. The quantitative estimate of drug-likeness (QED) is 0.791. The predicted octanol–water partition coefficient (Wildman–Crippen LogP) is 1.06. The molecule has 0 saturated carbocycles. The molecule has 0 bridgehead atoms. The van der Waals surface area contributed by atoms with Crippen molar-refractivity contribution >= 4 is 11.8 Å². The Balaban J connectivity index is 1.29. The highest BCUT2D eigenvalue weighted by Gasteiger charge is 2.24. The van der Waals surface area contributed by atoms with Crippen molar-refractivity contribution in [1.29, 1.82) is 0 Å². The average molecular weight is 359 g/mol. The summed E-state index contributed by atoms with van der Waals surface area (Å²) in [5, 5.41) is 2.84. The summed E-state index contributed by atoms with van der Waals surface area (Å²) < 4.78 is 5.69. The van der Waals surface area contributed by atoms with Crippen LogP contribution >= 0.6 is 0 Å². The Morgan fingerprint density at radius 2 is 1.88 bits per heavy atom. The molecule has 2 heterocycles. The molecule has 2 aliphatic rings. The van der Waals surface area contributed by atoms with Gasteiger partial charge in [-0.15, -0.1) is 0 Å². The van der Waals surface area contributed by atoms with Gasteiger partial charge in [0.1, 0.15) is 0 Å². The molecule has 1 aromatic rings. The Kier molecular flexibility index (Phi) is 7.03. The maximum atomic E-state index is 12.3. The normalized spacial score (nSPS) is 20.9. The maximum Gasteiger partial charge on any atom is 0.224 e. The smallest absolute Gasteiger partial charge is 0.224 e. The molecule has 1 aromatic carbocycles. The molecule has 1 unspecified atom stereocenters. The SMILES string of the molecule is O=C(Cc1ccccc1)NCCC(=O)N1CCN(CC2CCCO2)CC1. The van der Waals surface area contributed by atoms with Gasteiger partial charge in [0.25, 0.3) is 0 Å². The number of nitrogens with zero attached hydrogens (tertiary/aromatic N) is 2. The van der Waals surface area contributed by atoms with Gasteiger partial charge in [0.2, 0.25) is 11.8 Å². The molecule has 2 aliphatic heterocycles. The summed E-state index contributed by atoms with van der Waals surface area (Å²) in [5.74, 6) is 0.0900. The van der Waals surface area contributed by atoms with Gasteiger partial charge in [-0.3, -0.25) is 14.5 Å². The van der Waals surface area contributed by atoms with Crippen LogP contribution in [-0.2, 0) is 20.7 Å². The summed E-state index contributed by atoms with van der Waals surface area (Å²) in [6, 6.07) is 9.64. The fourth-order valence-electron chi connectivity index (χ4n) is 3.57. The van der Waals surface area contributed by atoms with Gasteiger partial charge in [0.15, 0.2) is 0 Å². The molecule has 6 nitrogen and oxygen atoms in total. The molecule has 6 heteroatoms. The number of carbonyl (C=O) groups excluding carboxylic acids is 2. The minimum atomic E-state index is -0.0367. The van der Waals surface area contributed by atoms with E-state index < -0.39 is 0 Å². The van der Waals surface area contributed by atoms with Gasteiger partial charge >= 0.3 is 0 Å². The Hall–Kier alpha value is -1.92. The lowest BCUT2D eigenvalue weighted by Gasteiger charge is -2.35. The van der Waals surface area contributed by atoms with Crippen molar-refractivity contribution in [2.45, 2.75) is 31.8 Å². The first kappa shape index (κ1) is 18.9. The van der Waals surface area contributed by atoms with E-state index in [0.29, 0.717) is 25.5 Å². The van der Waals surface area contributed by atoms with Crippen LogP contribution in [0.25, 0.3) is 0 Å². The van der Waals surface area contributed by atoms with Crippen molar-refractivity contribution in [2.75, 3.05) is 45.9 Å². The minimum absolute atomic E-state index is 0.0367. The number of ether oxygens (including phenoxy) is 1.